The van der Waals surface area contributed by atoms with E-state index in [-0.39, 0.29) is 5.75 Å². The van der Waals surface area contributed by atoms with Crippen LogP contribution in [0.5, 0.6) is 5.75 Å². The van der Waals surface area contributed by atoms with Gasteiger partial charge in [0.1, 0.15) is 5.75 Å². The second-order valence-corrected chi connectivity index (χ2v) is 4.97. The van der Waals surface area contributed by atoms with Gasteiger partial charge < -0.3 is 10.1 Å². The van der Waals surface area contributed by atoms with Gasteiger partial charge in [-0.2, -0.15) is 0 Å². The van der Waals surface area contributed by atoms with E-state index >= 15 is 0 Å². The Morgan fingerprint density at radius 2 is 1.55 bits per heavy atom. The van der Waals surface area contributed by atoms with Crippen LogP contribution in [-0.2, 0) is 6.54 Å². The third kappa shape index (κ3) is 4.77. The van der Waals surface area contributed by atoms with Gasteiger partial charge in [-0.1, -0.05) is 28.1 Å². The third-order valence-corrected chi connectivity index (χ3v) is 3.03. The van der Waals surface area contributed by atoms with E-state index in [4.69, 9.17) is 0 Å². The SMILES string of the molecule is FC(F)(F)Oc1ccc(CNc2ccc(Br)cc2)cc1. The molecule has 0 unspecified atom stereocenters. The lowest BCUT2D eigenvalue weighted by Gasteiger charge is -2.10. The molecule has 0 aliphatic heterocycles. The molecule has 2 rings (SSSR count). The van der Waals surface area contributed by atoms with Crippen LogP contribution in [0, 0.1) is 0 Å². The van der Waals surface area contributed by atoms with Crippen LogP contribution in [0.2, 0.25) is 0 Å². The first-order valence-corrected chi connectivity index (χ1v) is 6.56. The zero-order chi connectivity index (χ0) is 14.6. The van der Waals surface area contributed by atoms with Crippen LogP contribution < -0.4 is 10.1 Å². The van der Waals surface area contributed by atoms with Crippen LogP contribution in [0.15, 0.2) is 53.0 Å². The van der Waals surface area contributed by atoms with Crippen molar-refractivity contribution in [3.05, 3.63) is 58.6 Å². The molecule has 0 aliphatic rings. The maximum absolute atomic E-state index is 12.0. The normalized spacial score (nSPS) is 11.2. The lowest BCUT2D eigenvalue weighted by atomic mass is 10.2. The first-order valence-electron chi connectivity index (χ1n) is 5.76. The van der Waals surface area contributed by atoms with Gasteiger partial charge in [0.15, 0.2) is 0 Å². The first kappa shape index (κ1) is 14.7. The first-order chi connectivity index (χ1) is 9.42. The maximum atomic E-state index is 12.0. The largest absolute Gasteiger partial charge is 0.573 e. The van der Waals surface area contributed by atoms with Gasteiger partial charge in [-0.05, 0) is 42.0 Å². The Balaban J connectivity index is 1.92. The van der Waals surface area contributed by atoms with Crippen LogP contribution in [0.25, 0.3) is 0 Å². The minimum Gasteiger partial charge on any atom is -0.406 e. The Kier molecular flexibility index (Phi) is 4.54. The predicted octanol–water partition coefficient (Wildman–Crippen LogP) is 4.96. The molecule has 106 valence electrons. The number of hydrogen-bond acceptors (Lipinski definition) is 2. The molecule has 0 spiro atoms. The van der Waals surface area contributed by atoms with Gasteiger partial charge in [-0.25, -0.2) is 0 Å². The topological polar surface area (TPSA) is 21.3 Å². The summed E-state index contributed by atoms with van der Waals surface area (Å²) in [6.45, 7) is 0.522. The summed E-state index contributed by atoms with van der Waals surface area (Å²) in [5.41, 5.74) is 1.80. The van der Waals surface area contributed by atoms with Crippen molar-refractivity contribution in [2.45, 2.75) is 12.9 Å². The van der Waals surface area contributed by atoms with Gasteiger partial charge in [0.05, 0.1) is 0 Å². The van der Waals surface area contributed by atoms with Crippen LogP contribution in [0.4, 0.5) is 18.9 Å². The summed E-state index contributed by atoms with van der Waals surface area (Å²) in [4.78, 5) is 0. The Bertz CT molecular complexity index is 552. The van der Waals surface area contributed by atoms with Crippen molar-refractivity contribution in [1.82, 2.24) is 0 Å². The standard InChI is InChI=1S/C14H11BrF3NO/c15-11-3-5-12(6-4-11)19-9-10-1-7-13(8-2-10)20-14(16,17)18/h1-8,19H,9H2. The number of halogens is 4. The highest BCUT2D eigenvalue weighted by molar-refractivity contribution is 9.10. The summed E-state index contributed by atoms with van der Waals surface area (Å²) in [5, 5.41) is 3.17. The van der Waals surface area contributed by atoms with E-state index in [2.05, 4.69) is 26.0 Å². The van der Waals surface area contributed by atoms with Crippen LogP contribution in [0.1, 0.15) is 5.56 Å². The Morgan fingerprint density at radius 1 is 0.950 bits per heavy atom. The second kappa shape index (κ2) is 6.17. The molecular formula is C14H11BrF3NO. The molecule has 0 atom stereocenters. The number of benzene rings is 2. The van der Waals surface area contributed by atoms with Crippen molar-refractivity contribution >= 4 is 21.6 Å². The smallest absolute Gasteiger partial charge is 0.406 e. The molecule has 2 nitrogen and oxygen atoms in total. The number of hydrogen-bond donors (Lipinski definition) is 1. The molecule has 0 radical (unpaired) electrons. The van der Waals surface area contributed by atoms with E-state index in [0.29, 0.717) is 6.54 Å². The van der Waals surface area contributed by atoms with Crippen molar-refractivity contribution in [3.8, 4) is 5.75 Å². The van der Waals surface area contributed by atoms with Gasteiger partial charge in [0, 0.05) is 16.7 Å². The van der Waals surface area contributed by atoms with Crippen molar-refractivity contribution in [2.24, 2.45) is 0 Å². The molecule has 0 fully saturated rings. The van der Waals surface area contributed by atoms with Crippen LogP contribution in [0.3, 0.4) is 0 Å². The van der Waals surface area contributed by atoms with Crippen molar-refractivity contribution in [1.29, 1.82) is 0 Å². The highest BCUT2D eigenvalue weighted by Gasteiger charge is 2.30. The average molecular weight is 346 g/mol. The number of ether oxygens (including phenoxy) is 1. The molecule has 0 amide bonds. The van der Waals surface area contributed by atoms with E-state index in [1.807, 2.05) is 24.3 Å². The lowest BCUT2D eigenvalue weighted by molar-refractivity contribution is -0.274. The van der Waals surface area contributed by atoms with E-state index in [0.717, 1.165) is 15.7 Å². The minimum absolute atomic E-state index is 0.218. The number of nitrogens with one attached hydrogen (secondary N) is 1. The molecule has 0 bridgehead atoms. The Hall–Kier alpha value is -1.69. The fourth-order valence-electron chi connectivity index (χ4n) is 1.58. The molecule has 20 heavy (non-hydrogen) atoms. The number of alkyl halides is 3. The molecule has 0 saturated carbocycles. The molecule has 0 heterocycles. The lowest BCUT2D eigenvalue weighted by Crippen LogP contribution is -2.17. The average Bonchev–Trinajstić information content (AvgIpc) is 2.38. The van der Waals surface area contributed by atoms with E-state index < -0.39 is 6.36 Å². The summed E-state index contributed by atoms with van der Waals surface area (Å²) in [6.07, 6.45) is -4.66. The molecule has 1 N–H and O–H groups in total. The van der Waals surface area contributed by atoms with Crippen molar-refractivity contribution < 1.29 is 17.9 Å². The zero-order valence-electron chi connectivity index (χ0n) is 10.2. The highest BCUT2D eigenvalue weighted by atomic mass is 79.9. The summed E-state index contributed by atoms with van der Waals surface area (Å²) in [7, 11) is 0. The van der Waals surface area contributed by atoms with Crippen molar-refractivity contribution in [2.75, 3.05) is 5.32 Å². The van der Waals surface area contributed by atoms with E-state index in [1.54, 1.807) is 12.1 Å². The number of anilines is 1. The minimum atomic E-state index is -4.66. The molecule has 0 aliphatic carbocycles. The quantitative estimate of drug-likeness (QED) is 0.845. The second-order valence-electron chi connectivity index (χ2n) is 4.05. The molecule has 6 heteroatoms. The fourth-order valence-corrected chi connectivity index (χ4v) is 1.85. The van der Waals surface area contributed by atoms with Gasteiger partial charge in [-0.15, -0.1) is 13.2 Å². The third-order valence-electron chi connectivity index (χ3n) is 2.50. The van der Waals surface area contributed by atoms with E-state index in [1.165, 1.54) is 12.1 Å². The van der Waals surface area contributed by atoms with Crippen LogP contribution >= 0.6 is 15.9 Å². The summed E-state index contributed by atoms with van der Waals surface area (Å²) in [6, 6.07) is 13.4. The maximum Gasteiger partial charge on any atom is 0.573 e. The highest BCUT2D eigenvalue weighted by Crippen LogP contribution is 2.23. The van der Waals surface area contributed by atoms with Crippen molar-refractivity contribution in [3.63, 3.8) is 0 Å². The summed E-state index contributed by atoms with van der Waals surface area (Å²) >= 11 is 3.34. The Labute approximate surface area is 122 Å². The molecule has 2 aromatic rings. The predicted molar refractivity (Wildman–Crippen MR) is 74.6 cm³/mol. The fraction of sp³-hybridized carbons (Fsp3) is 0.143. The van der Waals surface area contributed by atoms with Gasteiger partial charge in [-0.3, -0.25) is 0 Å². The monoisotopic (exact) mass is 345 g/mol. The molecular weight excluding hydrogens is 335 g/mol. The molecule has 0 aromatic heterocycles. The van der Waals surface area contributed by atoms with Gasteiger partial charge in [0.25, 0.3) is 0 Å². The zero-order valence-corrected chi connectivity index (χ0v) is 11.8. The molecule has 2 aromatic carbocycles. The number of rotatable bonds is 4. The van der Waals surface area contributed by atoms with Gasteiger partial charge in [0.2, 0.25) is 0 Å². The summed E-state index contributed by atoms with van der Waals surface area (Å²) < 4.78 is 40.8. The van der Waals surface area contributed by atoms with E-state index in [9.17, 15) is 13.2 Å². The van der Waals surface area contributed by atoms with Crippen LogP contribution in [-0.4, -0.2) is 6.36 Å². The van der Waals surface area contributed by atoms with Gasteiger partial charge >= 0.3 is 6.36 Å². The summed E-state index contributed by atoms with van der Waals surface area (Å²) in [5.74, 6) is -0.218. The Morgan fingerprint density at radius 3 is 2.10 bits per heavy atom. The molecule has 0 saturated heterocycles.